The molecule has 0 aromatic heterocycles. The van der Waals surface area contributed by atoms with Crippen LogP contribution in [0.2, 0.25) is 5.02 Å². The maximum Gasteiger partial charge on any atom is 0.409 e. The van der Waals surface area contributed by atoms with Crippen molar-refractivity contribution in [2.45, 2.75) is 74.4 Å². The molecule has 1 aromatic rings. The second-order valence-corrected chi connectivity index (χ2v) is 13.2. The fourth-order valence-electron chi connectivity index (χ4n) is 6.41. The molecule has 3 saturated heterocycles. The number of rotatable bonds is 6. The Morgan fingerprint density at radius 3 is 2.34 bits per heavy atom. The highest BCUT2D eigenvalue weighted by Crippen LogP contribution is 2.33. The molecule has 1 aromatic carbocycles. The summed E-state index contributed by atoms with van der Waals surface area (Å²) in [6, 6.07) is 5.96. The molecule has 4 heterocycles. The highest BCUT2D eigenvalue weighted by molar-refractivity contribution is 7.89. The predicted octanol–water partition coefficient (Wildman–Crippen LogP) is 3.68. The van der Waals surface area contributed by atoms with Gasteiger partial charge in [-0.05, 0) is 82.3 Å². The summed E-state index contributed by atoms with van der Waals surface area (Å²) in [6.07, 6.45) is 7.59. The van der Waals surface area contributed by atoms with Gasteiger partial charge in [-0.2, -0.15) is 4.31 Å². The van der Waals surface area contributed by atoms with E-state index in [9.17, 15) is 13.2 Å². The molecule has 9 nitrogen and oxygen atoms in total. The average Bonchev–Trinajstić information content (AvgIpc) is 3.38. The third-order valence-electron chi connectivity index (χ3n) is 8.50. The lowest BCUT2D eigenvalue weighted by Gasteiger charge is -2.42. The minimum absolute atomic E-state index is 0.0329. The first-order valence-corrected chi connectivity index (χ1v) is 15.9. The number of likely N-dealkylation sites (tertiary alicyclic amines) is 2. The Balaban J connectivity index is 1.27. The van der Waals surface area contributed by atoms with Crippen molar-refractivity contribution in [2.24, 2.45) is 4.99 Å². The van der Waals surface area contributed by atoms with E-state index >= 15 is 0 Å². The van der Waals surface area contributed by atoms with Crippen LogP contribution in [0, 0.1) is 0 Å². The van der Waals surface area contributed by atoms with Crippen LogP contribution in [0.4, 0.5) is 4.79 Å². The van der Waals surface area contributed by atoms with Crippen LogP contribution in [0.5, 0.6) is 0 Å². The van der Waals surface area contributed by atoms with Crippen LogP contribution >= 0.6 is 11.6 Å². The minimum atomic E-state index is -3.87. The summed E-state index contributed by atoms with van der Waals surface area (Å²) >= 11 is 6.04. The molecule has 3 fully saturated rings. The number of carbonyl (C=O) groups excluding carboxylic acids is 1. The number of hydrogen-bond acceptors (Lipinski definition) is 7. The van der Waals surface area contributed by atoms with Gasteiger partial charge in [0.2, 0.25) is 10.0 Å². The molecule has 2 atom stereocenters. The van der Waals surface area contributed by atoms with Crippen LogP contribution in [0.25, 0.3) is 0 Å². The Bertz CT molecular complexity index is 1100. The summed E-state index contributed by atoms with van der Waals surface area (Å²) < 4.78 is 35.3. The van der Waals surface area contributed by atoms with Crippen LogP contribution in [0.3, 0.4) is 0 Å². The van der Waals surface area contributed by atoms with Gasteiger partial charge in [-0.3, -0.25) is 4.99 Å². The topological polar surface area (TPSA) is 85.8 Å². The fourth-order valence-corrected chi connectivity index (χ4v) is 8.36. The van der Waals surface area contributed by atoms with E-state index in [2.05, 4.69) is 9.89 Å². The number of benzene rings is 1. The van der Waals surface area contributed by atoms with Crippen LogP contribution in [-0.2, 0) is 14.8 Å². The number of ether oxygens (including phenoxy) is 1. The molecule has 11 heteroatoms. The molecule has 0 radical (unpaired) electrons. The van der Waals surface area contributed by atoms with Crippen LogP contribution in [0.1, 0.15) is 51.4 Å². The molecular weight excluding hydrogens is 526 g/mol. The van der Waals surface area contributed by atoms with Gasteiger partial charge in [-0.25, -0.2) is 13.2 Å². The van der Waals surface area contributed by atoms with E-state index in [1.54, 1.807) is 33.5 Å². The zero-order valence-electron chi connectivity index (χ0n) is 22.3. The Morgan fingerprint density at radius 1 is 0.974 bits per heavy atom. The van der Waals surface area contributed by atoms with Crippen molar-refractivity contribution in [1.29, 1.82) is 0 Å². The maximum absolute atomic E-state index is 14.0. The SMILES string of the molecule is CN1CCN=C1C1CCCC(COC(=O)N2CCC(N3CCCCC3)CC2)N1S(=O)(=O)c1ccc(Cl)cc1. The Kier molecular flexibility index (Phi) is 8.82. The highest BCUT2D eigenvalue weighted by atomic mass is 35.5. The molecule has 5 rings (SSSR count). The van der Waals surface area contributed by atoms with E-state index in [-0.39, 0.29) is 23.6 Å². The van der Waals surface area contributed by atoms with Crippen molar-refractivity contribution >= 4 is 33.6 Å². The first-order chi connectivity index (χ1) is 18.3. The average molecular weight is 566 g/mol. The number of sulfonamides is 1. The monoisotopic (exact) mass is 565 g/mol. The second-order valence-electron chi connectivity index (χ2n) is 10.9. The first-order valence-electron chi connectivity index (χ1n) is 14.0. The molecule has 0 bridgehead atoms. The first kappa shape index (κ1) is 27.7. The number of hydrogen-bond donors (Lipinski definition) is 0. The molecule has 0 spiro atoms. The van der Waals surface area contributed by atoms with Crippen molar-refractivity contribution in [2.75, 3.05) is 52.9 Å². The molecule has 2 unspecified atom stereocenters. The summed E-state index contributed by atoms with van der Waals surface area (Å²) in [5.41, 5.74) is 0. The van der Waals surface area contributed by atoms with E-state index in [1.807, 2.05) is 11.9 Å². The van der Waals surface area contributed by atoms with Gasteiger partial charge >= 0.3 is 6.09 Å². The molecule has 0 saturated carbocycles. The van der Waals surface area contributed by atoms with Crippen molar-refractivity contribution < 1.29 is 17.9 Å². The zero-order chi connectivity index (χ0) is 26.7. The summed E-state index contributed by atoms with van der Waals surface area (Å²) in [7, 11) is -1.92. The Morgan fingerprint density at radius 2 is 1.68 bits per heavy atom. The molecule has 210 valence electrons. The quantitative estimate of drug-likeness (QED) is 0.523. The molecule has 4 aliphatic heterocycles. The standard InChI is InChI=1S/C27H40ClN5O4S/c1-30-19-14-29-26(30)25-7-5-6-23(33(25)38(35,36)24-10-8-21(28)9-11-24)20-37-27(34)32-17-12-22(13-18-32)31-15-3-2-4-16-31/h8-11,22-23,25H,2-7,12-20H2,1H3. The Hall–Kier alpha value is -1.88. The van der Waals surface area contributed by atoms with Crippen molar-refractivity contribution in [1.82, 2.24) is 19.0 Å². The van der Waals surface area contributed by atoms with Crippen molar-refractivity contribution in [3.63, 3.8) is 0 Å². The van der Waals surface area contributed by atoms with Crippen LogP contribution in [0.15, 0.2) is 34.2 Å². The van der Waals surface area contributed by atoms with Gasteiger partial charge in [0.25, 0.3) is 0 Å². The number of amidine groups is 1. The number of halogens is 1. The van der Waals surface area contributed by atoms with E-state index in [1.165, 1.54) is 19.3 Å². The number of likely N-dealkylation sites (N-methyl/N-ethyl adjacent to an activating group) is 1. The molecule has 4 aliphatic rings. The lowest BCUT2D eigenvalue weighted by atomic mass is 9.97. The number of amides is 1. The third-order valence-corrected chi connectivity index (χ3v) is 10.7. The van der Waals surface area contributed by atoms with E-state index in [4.69, 9.17) is 16.3 Å². The molecule has 38 heavy (non-hydrogen) atoms. The van der Waals surface area contributed by atoms with Gasteiger partial charge in [-0.1, -0.05) is 18.0 Å². The summed E-state index contributed by atoms with van der Waals surface area (Å²) in [5, 5.41) is 0.480. The van der Waals surface area contributed by atoms with Gasteiger partial charge < -0.3 is 19.4 Å². The highest BCUT2D eigenvalue weighted by Gasteiger charge is 2.44. The second kappa shape index (κ2) is 12.1. The molecule has 0 N–H and O–H groups in total. The van der Waals surface area contributed by atoms with Gasteiger partial charge in [0.15, 0.2) is 0 Å². The lowest BCUT2D eigenvalue weighted by molar-refractivity contribution is 0.0489. The van der Waals surface area contributed by atoms with Gasteiger partial charge in [-0.15, -0.1) is 0 Å². The normalized spacial score (nSPS) is 26.4. The van der Waals surface area contributed by atoms with Crippen LogP contribution < -0.4 is 0 Å². The number of carbonyl (C=O) groups is 1. The molecule has 1 amide bonds. The predicted molar refractivity (Wildman–Crippen MR) is 148 cm³/mol. The number of piperidine rings is 3. The van der Waals surface area contributed by atoms with Crippen LogP contribution in [-0.4, -0.2) is 110 Å². The van der Waals surface area contributed by atoms with Gasteiger partial charge in [0.1, 0.15) is 12.4 Å². The zero-order valence-corrected chi connectivity index (χ0v) is 23.9. The fraction of sp³-hybridized carbons (Fsp3) is 0.704. The van der Waals surface area contributed by atoms with E-state index in [0.29, 0.717) is 43.5 Å². The minimum Gasteiger partial charge on any atom is -0.448 e. The molecular formula is C27H40ClN5O4S. The van der Waals surface area contributed by atoms with Crippen molar-refractivity contribution in [3.05, 3.63) is 29.3 Å². The Labute approximate surface area is 231 Å². The van der Waals surface area contributed by atoms with Gasteiger partial charge in [0.05, 0.1) is 23.5 Å². The lowest BCUT2D eigenvalue weighted by Crippen LogP contribution is -2.57. The van der Waals surface area contributed by atoms with E-state index < -0.39 is 16.1 Å². The smallest absolute Gasteiger partial charge is 0.409 e. The summed E-state index contributed by atoms with van der Waals surface area (Å²) in [5.74, 6) is 0.790. The molecule has 0 aliphatic carbocycles. The maximum atomic E-state index is 14.0. The summed E-state index contributed by atoms with van der Waals surface area (Å²) in [6.45, 7) is 5.15. The van der Waals surface area contributed by atoms with Gasteiger partial charge in [0, 0.05) is 37.7 Å². The van der Waals surface area contributed by atoms with E-state index in [0.717, 1.165) is 44.7 Å². The number of aliphatic imine (C=N–C) groups is 1. The summed E-state index contributed by atoms with van der Waals surface area (Å²) in [4.78, 5) is 24.3. The van der Waals surface area contributed by atoms with Crippen molar-refractivity contribution in [3.8, 4) is 0 Å². The largest absolute Gasteiger partial charge is 0.448 e. The third kappa shape index (κ3) is 5.98. The number of nitrogens with zero attached hydrogens (tertiary/aromatic N) is 5.